The molecule has 0 saturated carbocycles. The SMILES string of the molecule is CCCCCCCCCC/C=C\CCCCCCCCCCCCCCCCCCCCCCCCCC(=O)NC(CO)C(O)/C=C/CCCCCCCCCCCCCCCCCCCCC. The molecule has 0 rings (SSSR count). The van der Waals surface area contributed by atoms with Crippen molar-refractivity contribution < 1.29 is 15.0 Å². The highest BCUT2D eigenvalue weighted by atomic mass is 16.3. The highest BCUT2D eigenvalue weighted by Gasteiger charge is 2.18. The van der Waals surface area contributed by atoms with Crippen molar-refractivity contribution in [1.82, 2.24) is 5.32 Å². The summed E-state index contributed by atoms with van der Waals surface area (Å²) in [5.41, 5.74) is 0. The van der Waals surface area contributed by atoms with Gasteiger partial charge in [-0.15, -0.1) is 0 Å². The maximum atomic E-state index is 12.5. The molecule has 0 aliphatic heterocycles. The monoisotopic (exact) mass is 956 g/mol. The zero-order valence-corrected chi connectivity index (χ0v) is 46.7. The van der Waals surface area contributed by atoms with Gasteiger partial charge in [-0.25, -0.2) is 0 Å². The number of carbonyl (C=O) groups excluding carboxylic acids is 1. The zero-order chi connectivity index (χ0) is 49.2. The molecule has 0 aliphatic rings. The molecule has 2 unspecified atom stereocenters. The van der Waals surface area contributed by atoms with Gasteiger partial charge in [0.25, 0.3) is 0 Å². The molecule has 0 heterocycles. The first-order valence-electron chi connectivity index (χ1n) is 31.6. The summed E-state index contributed by atoms with van der Waals surface area (Å²) in [5.74, 6) is -0.0556. The highest BCUT2D eigenvalue weighted by Crippen LogP contribution is 2.18. The minimum atomic E-state index is -0.837. The molecule has 0 aromatic rings. The van der Waals surface area contributed by atoms with Crippen LogP contribution in [0.15, 0.2) is 24.3 Å². The maximum Gasteiger partial charge on any atom is 0.220 e. The predicted molar refractivity (Wildman–Crippen MR) is 304 cm³/mol. The Hall–Kier alpha value is -1.13. The summed E-state index contributed by atoms with van der Waals surface area (Å²) >= 11 is 0. The number of aliphatic hydroxyl groups excluding tert-OH is 2. The van der Waals surface area contributed by atoms with Crippen LogP contribution in [0.4, 0.5) is 0 Å². The smallest absolute Gasteiger partial charge is 0.220 e. The van der Waals surface area contributed by atoms with Crippen LogP contribution in [0, 0.1) is 0 Å². The summed E-state index contributed by atoms with van der Waals surface area (Å²) in [6.45, 7) is 4.35. The van der Waals surface area contributed by atoms with Crippen molar-refractivity contribution in [3.63, 3.8) is 0 Å². The Morgan fingerprint density at radius 2 is 0.559 bits per heavy atom. The van der Waals surface area contributed by atoms with Crippen molar-refractivity contribution >= 4 is 5.91 Å². The van der Waals surface area contributed by atoms with E-state index in [4.69, 9.17) is 0 Å². The molecule has 4 nitrogen and oxygen atoms in total. The van der Waals surface area contributed by atoms with Gasteiger partial charge in [0.2, 0.25) is 5.91 Å². The van der Waals surface area contributed by atoms with E-state index in [1.54, 1.807) is 6.08 Å². The van der Waals surface area contributed by atoms with E-state index in [1.807, 2.05) is 6.08 Å². The maximum absolute atomic E-state index is 12.5. The van der Waals surface area contributed by atoms with E-state index in [2.05, 4.69) is 31.3 Å². The molecule has 0 bridgehead atoms. The Morgan fingerprint density at radius 1 is 0.338 bits per heavy atom. The lowest BCUT2D eigenvalue weighted by Crippen LogP contribution is -2.45. The second-order valence-electron chi connectivity index (χ2n) is 21.8. The summed E-state index contributed by atoms with van der Waals surface area (Å²) in [5, 5.41) is 23.2. The highest BCUT2D eigenvalue weighted by molar-refractivity contribution is 5.76. The van der Waals surface area contributed by atoms with Gasteiger partial charge in [-0.3, -0.25) is 4.79 Å². The topological polar surface area (TPSA) is 69.6 Å². The van der Waals surface area contributed by atoms with Crippen LogP contribution in [0.1, 0.15) is 361 Å². The van der Waals surface area contributed by atoms with E-state index >= 15 is 0 Å². The number of nitrogens with one attached hydrogen (secondary N) is 1. The van der Waals surface area contributed by atoms with Crippen molar-refractivity contribution in [3.8, 4) is 0 Å². The summed E-state index contributed by atoms with van der Waals surface area (Å²) in [6.07, 6.45) is 80.9. The Bertz CT molecular complexity index is 994. The summed E-state index contributed by atoms with van der Waals surface area (Å²) in [7, 11) is 0. The lowest BCUT2D eigenvalue weighted by Gasteiger charge is -2.20. The number of hydrogen-bond acceptors (Lipinski definition) is 3. The molecular weight excluding hydrogens is 831 g/mol. The van der Waals surface area contributed by atoms with Crippen LogP contribution in [-0.4, -0.2) is 34.9 Å². The molecule has 2 atom stereocenters. The minimum absolute atomic E-state index is 0.0556. The van der Waals surface area contributed by atoms with Gasteiger partial charge in [0.05, 0.1) is 18.8 Å². The van der Waals surface area contributed by atoms with Crippen molar-refractivity contribution in [1.29, 1.82) is 0 Å². The van der Waals surface area contributed by atoms with Crippen LogP contribution in [-0.2, 0) is 4.79 Å². The van der Waals surface area contributed by atoms with E-state index < -0.39 is 12.1 Å². The van der Waals surface area contributed by atoms with Crippen LogP contribution in [0.5, 0.6) is 0 Å². The minimum Gasteiger partial charge on any atom is -0.394 e. The number of amides is 1. The van der Waals surface area contributed by atoms with Gasteiger partial charge in [-0.2, -0.15) is 0 Å². The molecule has 0 spiro atoms. The van der Waals surface area contributed by atoms with Crippen molar-refractivity contribution in [2.45, 2.75) is 373 Å². The third-order valence-electron chi connectivity index (χ3n) is 14.9. The average molecular weight is 957 g/mol. The van der Waals surface area contributed by atoms with Crippen molar-refractivity contribution in [2.24, 2.45) is 0 Å². The molecule has 0 radical (unpaired) electrons. The zero-order valence-electron chi connectivity index (χ0n) is 46.7. The number of hydrogen-bond donors (Lipinski definition) is 3. The van der Waals surface area contributed by atoms with Gasteiger partial charge in [0.15, 0.2) is 0 Å². The molecule has 4 heteroatoms. The lowest BCUT2D eigenvalue weighted by molar-refractivity contribution is -0.123. The van der Waals surface area contributed by atoms with Crippen LogP contribution < -0.4 is 5.32 Å². The normalized spacial score (nSPS) is 12.8. The van der Waals surface area contributed by atoms with E-state index in [0.29, 0.717) is 6.42 Å². The van der Waals surface area contributed by atoms with Gasteiger partial charge in [-0.1, -0.05) is 334 Å². The molecule has 0 aromatic carbocycles. The van der Waals surface area contributed by atoms with Crippen LogP contribution in [0.2, 0.25) is 0 Å². The second-order valence-corrected chi connectivity index (χ2v) is 21.8. The first-order valence-corrected chi connectivity index (χ1v) is 31.6. The van der Waals surface area contributed by atoms with Gasteiger partial charge in [0, 0.05) is 6.42 Å². The quantitative estimate of drug-likeness (QED) is 0.0420. The molecule has 68 heavy (non-hydrogen) atoms. The van der Waals surface area contributed by atoms with E-state index in [9.17, 15) is 15.0 Å². The van der Waals surface area contributed by atoms with Crippen LogP contribution in [0.25, 0.3) is 0 Å². The third kappa shape index (κ3) is 55.8. The fraction of sp³-hybridized carbons (Fsp3) is 0.922. The number of carbonyl (C=O) groups is 1. The molecule has 0 aliphatic carbocycles. The van der Waals surface area contributed by atoms with Crippen LogP contribution in [0.3, 0.4) is 0 Å². The van der Waals surface area contributed by atoms with Crippen molar-refractivity contribution in [3.05, 3.63) is 24.3 Å². The lowest BCUT2D eigenvalue weighted by atomic mass is 10.0. The van der Waals surface area contributed by atoms with Gasteiger partial charge in [-0.05, 0) is 44.9 Å². The number of unbranched alkanes of at least 4 members (excludes halogenated alkanes) is 50. The number of allylic oxidation sites excluding steroid dienone is 3. The standard InChI is InChI=1S/C64H125NO3/c1-3-5-7-9-11-13-15-17-19-21-23-25-26-27-28-29-30-31-32-33-34-35-36-37-38-40-42-44-46-48-50-52-54-56-58-60-64(68)65-62(61-66)63(67)59-57-55-53-51-49-47-45-43-41-39-24-22-20-18-16-14-12-10-8-6-4-2/h21,23,57,59,62-63,66-67H,3-20,22,24-56,58,60-61H2,1-2H3,(H,65,68)/b23-21-,59-57+. The molecule has 0 fully saturated rings. The molecule has 3 N–H and O–H groups in total. The average Bonchev–Trinajstić information content (AvgIpc) is 3.34. The number of aliphatic hydroxyl groups is 2. The Kier molecular flexibility index (Phi) is 59.2. The summed E-state index contributed by atoms with van der Waals surface area (Å²) < 4.78 is 0. The Balaban J connectivity index is 3.40. The van der Waals surface area contributed by atoms with Gasteiger partial charge in [0.1, 0.15) is 0 Å². The van der Waals surface area contributed by atoms with E-state index in [1.165, 1.54) is 315 Å². The number of rotatable bonds is 59. The summed E-state index contributed by atoms with van der Waals surface area (Å²) in [4.78, 5) is 12.5. The first kappa shape index (κ1) is 66.9. The first-order chi connectivity index (χ1) is 33.7. The predicted octanol–water partition coefficient (Wildman–Crippen LogP) is 21.0. The largest absolute Gasteiger partial charge is 0.394 e. The van der Waals surface area contributed by atoms with E-state index in [-0.39, 0.29) is 12.5 Å². The molecule has 404 valence electrons. The Labute approximate surface area is 428 Å². The molecular formula is C64H125NO3. The second kappa shape index (κ2) is 60.2. The van der Waals surface area contributed by atoms with Gasteiger partial charge >= 0.3 is 0 Å². The fourth-order valence-corrected chi connectivity index (χ4v) is 10.1. The molecule has 0 saturated heterocycles. The summed E-state index contributed by atoms with van der Waals surface area (Å²) in [6, 6.07) is -0.620. The van der Waals surface area contributed by atoms with Gasteiger partial charge < -0.3 is 15.5 Å². The van der Waals surface area contributed by atoms with Crippen LogP contribution >= 0.6 is 0 Å². The third-order valence-corrected chi connectivity index (χ3v) is 14.9. The Morgan fingerprint density at radius 3 is 0.809 bits per heavy atom. The molecule has 1 amide bonds. The molecule has 0 aromatic heterocycles. The van der Waals surface area contributed by atoms with E-state index in [0.717, 1.165) is 25.7 Å². The fourth-order valence-electron chi connectivity index (χ4n) is 10.1. The van der Waals surface area contributed by atoms with Crippen molar-refractivity contribution in [2.75, 3.05) is 6.61 Å².